The summed E-state index contributed by atoms with van der Waals surface area (Å²) in [5.74, 6) is 1.17. The average Bonchev–Trinajstić information content (AvgIpc) is 2.82. The smallest absolute Gasteiger partial charge is 0.344 e. The molecule has 3 heterocycles. The van der Waals surface area contributed by atoms with Crippen LogP contribution in [-0.2, 0) is 14.9 Å². The van der Waals surface area contributed by atoms with E-state index in [1.54, 1.807) is 43.6 Å². The van der Waals surface area contributed by atoms with Gasteiger partial charge in [-0.1, -0.05) is 6.07 Å². The maximum Gasteiger partial charge on any atom is 0.344 e. The maximum absolute atomic E-state index is 12.4. The number of nitrogens with one attached hydrogen (secondary N) is 2. The predicted molar refractivity (Wildman–Crippen MR) is 129 cm³/mol. The Bertz CT molecular complexity index is 1190. The van der Waals surface area contributed by atoms with E-state index in [-0.39, 0.29) is 17.7 Å². The van der Waals surface area contributed by atoms with Gasteiger partial charge in [-0.25, -0.2) is 4.98 Å². The van der Waals surface area contributed by atoms with Crippen LogP contribution in [-0.4, -0.2) is 65.1 Å². The molecule has 4 N–H and O–H groups in total. The summed E-state index contributed by atoms with van der Waals surface area (Å²) < 4.78 is 40.5. The molecule has 2 aliphatic rings. The topological polar surface area (TPSA) is 148 Å². The summed E-state index contributed by atoms with van der Waals surface area (Å²) in [4.78, 5) is 19.0. The molecule has 0 aliphatic carbocycles. The molecule has 1 fully saturated rings. The molecule has 2 aliphatic heterocycles. The van der Waals surface area contributed by atoms with Crippen molar-refractivity contribution in [2.75, 3.05) is 49.6 Å². The van der Waals surface area contributed by atoms with Crippen molar-refractivity contribution in [3.8, 4) is 5.75 Å². The van der Waals surface area contributed by atoms with Gasteiger partial charge in [-0.05, 0) is 37.1 Å². The molecular weight excluding hydrogens is 460 g/mol. The third-order valence-corrected chi connectivity index (χ3v) is 6.57. The normalized spacial score (nSPS) is 18.9. The number of anilines is 2. The number of hydrogen-bond donors (Lipinski definition) is 3. The second-order valence-corrected chi connectivity index (χ2v) is 9.49. The summed E-state index contributed by atoms with van der Waals surface area (Å²) in [5.41, 5.74) is 7.24. The van der Waals surface area contributed by atoms with Gasteiger partial charge in [0.1, 0.15) is 11.6 Å². The molecule has 0 radical (unpaired) electrons. The van der Waals surface area contributed by atoms with Crippen LogP contribution >= 0.6 is 0 Å². The number of aromatic nitrogens is 1. The molecule has 4 rings (SSSR count). The lowest BCUT2D eigenvalue weighted by molar-refractivity contribution is 0.0937. The van der Waals surface area contributed by atoms with Crippen LogP contribution in [0, 0.1) is 5.92 Å². The van der Waals surface area contributed by atoms with Crippen molar-refractivity contribution in [1.29, 1.82) is 0 Å². The van der Waals surface area contributed by atoms with E-state index in [0.717, 1.165) is 25.2 Å². The number of methoxy groups -OCH3 is 1. The van der Waals surface area contributed by atoms with Crippen molar-refractivity contribution >= 4 is 33.5 Å². The van der Waals surface area contributed by atoms with Crippen molar-refractivity contribution in [3.05, 3.63) is 47.7 Å². The first-order valence-corrected chi connectivity index (χ1v) is 12.4. The Morgan fingerprint density at radius 2 is 2.21 bits per heavy atom. The van der Waals surface area contributed by atoms with E-state index in [9.17, 15) is 13.2 Å². The van der Waals surface area contributed by atoms with Crippen LogP contribution in [0.15, 0.2) is 40.9 Å². The molecule has 12 heteroatoms. The minimum atomic E-state index is -3.84. The molecule has 0 saturated carbocycles. The van der Waals surface area contributed by atoms with Crippen molar-refractivity contribution in [2.24, 2.45) is 16.0 Å². The number of benzene rings is 1. The zero-order valence-corrected chi connectivity index (χ0v) is 19.7. The molecule has 0 unspecified atom stereocenters. The highest BCUT2D eigenvalue weighted by atomic mass is 32.2. The number of piperidine rings is 1. The van der Waals surface area contributed by atoms with Crippen molar-refractivity contribution < 1.29 is 22.7 Å². The molecule has 1 aromatic heterocycles. The zero-order valence-electron chi connectivity index (χ0n) is 18.9. The third kappa shape index (κ3) is 5.57. The largest absolute Gasteiger partial charge is 0.492 e. The lowest BCUT2D eigenvalue weighted by atomic mass is 9.98. The van der Waals surface area contributed by atoms with Crippen molar-refractivity contribution in [3.63, 3.8) is 0 Å². The molecule has 1 aromatic carbocycles. The molecule has 0 spiro atoms. The van der Waals surface area contributed by atoms with Gasteiger partial charge in [-0.3, -0.25) is 9.52 Å². The van der Waals surface area contributed by atoms with Gasteiger partial charge in [0.2, 0.25) is 0 Å². The van der Waals surface area contributed by atoms with Gasteiger partial charge in [0.15, 0.2) is 5.84 Å². The molecule has 182 valence electrons. The average molecular weight is 489 g/mol. The summed E-state index contributed by atoms with van der Waals surface area (Å²) in [5, 5.41) is 2.82. The first kappa shape index (κ1) is 23.8. The van der Waals surface area contributed by atoms with E-state index in [2.05, 4.69) is 24.3 Å². The second-order valence-electron chi connectivity index (χ2n) is 8.15. The first-order chi connectivity index (χ1) is 16.4. The fraction of sp³-hybridized carbons (Fsp3) is 0.409. The number of carbonyl (C=O) groups excluding carboxylic acids is 1. The number of rotatable bonds is 8. The summed E-state index contributed by atoms with van der Waals surface area (Å²) in [7, 11) is -2.26. The van der Waals surface area contributed by atoms with Gasteiger partial charge in [0, 0.05) is 44.4 Å². The Morgan fingerprint density at radius 1 is 1.35 bits per heavy atom. The standard InChI is InChI=1S/C22H28N6O5S/c1-32-11-9-25-22(29)16-7-8-24-19(12-16)28-10-3-4-15(13-28)14-33-18-6-2-5-17-20(18)21(23)27-34(30,31)26-17/h2,5-8,12,15,26H,3-4,9-11,13-14H2,1H3,(H2,23,27)(H,25,29)/t15-/m0/s1. The van der Waals surface area contributed by atoms with Crippen LogP contribution in [0.5, 0.6) is 5.75 Å². The third-order valence-electron chi connectivity index (χ3n) is 5.66. The molecule has 34 heavy (non-hydrogen) atoms. The Hall–Kier alpha value is -3.38. The van der Waals surface area contributed by atoms with E-state index in [1.165, 1.54) is 0 Å². The molecule has 0 bridgehead atoms. The van der Waals surface area contributed by atoms with Crippen LogP contribution in [0.25, 0.3) is 0 Å². The summed E-state index contributed by atoms with van der Waals surface area (Å²) in [6.07, 6.45) is 3.56. The summed E-state index contributed by atoms with van der Waals surface area (Å²) in [6, 6.07) is 8.55. The predicted octanol–water partition coefficient (Wildman–Crippen LogP) is 1.13. The van der Waals surface area contributed by atoms with Crippen LogP contribution in [0.2, 0.25) is 0 Å². The number of pyridine rings is 1. The number of amidine groups is 1. The van der Waals surface area contributed by atoms with E-state index in [0.29, 0.717) is 48.9 Å². The molecule has 2 aromatic rings. The SMILES string of the molecule is COCCNC(=O)c1ccnc(N2CCC[C@H](COc3cccc4c3C(N)=NS(=O)(=O)N4)C2)c1. The number of ether oxygens (including phenoxy) is 2. The zero-order chi connectivity index (χ0) is 24.1. The highest BCUT2D eigenvalue weighted by Crippen LogP contribution is 2.31. The lowest BCUT2D eigenvalue weighted by Gasteiger charge is -2.33. The highest BCUT2D eigenvalue weighted by Gasteiger charge is 2.26. The van der Waals surface area contributed by atoms with Gasteiger partial charge in [-0.2, -0.15) is 8.42 Å². The highest BCUT2D eigenvalue weighted by molar-refractivity contribution is 7.91. The Morgan fingerprint density at radius 3 is 3.03 bits per heavy atom. The summed E-state index contributed by atoms with van der Waals surface area (Å²) in [6.45, 7) is 2.86. The Kier molecular flexibility index (Phi) is 7.17. The van der Waals surface area contributed by atoms with Gasteiger partial charge < -0.3 is 25.4 Å². The molecule has 1 amide bonds. The molecule has 11 nitrogen and oxygen atoms in total. The van der Waals surface area contributed by atoms with Crippen molar-refractivity contribution in [2.45, 2.75) is 12.8 Å². The number of fused-ring (bicyclic) bond motifs is 1. The first-order valence-electron chi connectivity index (χ1n) is 11.0. The van der Waals surface area contributed by atoms with Crippen molar-refractivity contribution in [1.82, 2.24) is 10.3 Å². The monoisotopic (exact) mass is 488 g/mol. The number of nitrogens with zero attached hydrogens (tertiary/aromatic N) is 3. The van der Waals surface area contributed by atoms with E-state index < -0.39 is 10.2 Å². The molecule has 1 saturated heterocycles. The Balaban J connectivity index is 1.41. The minimum Gasteiger partial charge on any atom is -0.492 e. The van der Waals surface area contributed by atoms with Crippen LogP contribution < -0.4 is 25.4 Å². The summed E-state index contributed by atoms with van der Waals surface area (Å²) >= 11 is 0. The van der Waals surface area contributed by atoms with Gasteiger partial charge >= 0.3 is 10.2 Å². The second kappa shape index (κ2) is 10.3. The van der Waals surface area contributed by atoms with E-state index in [1.807, 2.05) is 0 Å². The molecule has 1 atom stereocenters. The van der Waals surface area contributed by atoms with E-state index >= 15 is 0 Å². The van der Waals surface area contributed by atoms with Crippen LogP contribution in [0.1, 0.15) is 28.8 Å². The fourth-order valence-electron chi connectivity index (χ4n) is 4.06. The number of amides is 1. The van der Waals surface area contributed by atoms with E-state index in [4.69, 9.17) is 15.2 Å². The van der Waals surface area contributed by atoms with Gasteiger partial charge in [-0.15, -0.1) is 4.40 Å². The quantitative estimate of drug-likeness (QED) is 0.468. The molecular formula is C22H28N6O5S. The minimum absolute atomic E-state index is 0.0978. The maximum atomic E-state index is 12.4. The number of nitrogens with two attached hydrogens (primary N) is 1. The fourth-order valence-corrected chi connectivity index (χ4v) is 4.90. The van der Waals surface area contributed by atoms with Gasteiger partial charge in [0.25, 0.3) is 5.91 Å². The van der Waals surface area contributed by atoms with Crippen LogP contribution in [0.3, 0.4) is 0 Å². The Labute approximate surface area is 198 Å². The number of carbonyl (C=O) groups is 1. The number of hydrogen-bond acceptors (Lipinski definition) is 8. The van der Waals surface area contributed by atoms with Gasteiger partial charge in [0.05, 0.1) is 24.5 Å². The lowest BCUT2D eigenvalue weighted by Crippen LogP contribution is -2.38. The van der Waals surface area contributed by atoms with Crippen LogP contribution in [0.4, 0.5) is 11.5 Å².